The van der Waals surface area contributed by atoms with E-state index in [9.17, 15) is 19.2 Å². The van der Waals surface area contributed by atoms with Crippen LogP contribution in [-0.4, -0.2) is 23.8 Å². The maximum atomic E-state index is 12.6. The lowest BCUT2D eigenvalue weighted by Crippen LogP contribution is -2.12. The number of benzene rings is 4. The first-order valence-electron chi connectivity index (χ1n) is 11.1. The smallest absolute Gasteiger partial charge is 0.346 e. The van der Waals surface area contributed by atoms with Crippen LogP contribution in [0.1, 0.15) is 41.4 Å². The molecule has 0 aliphatic carbocycles. The summed E-state index contributed by atoms with van der Waals surface area (Å²) in [7, 11) is 0. The first kappa shape index (κ1) is 23.3. The van der Waals surface area contributed by atoms with E-state index in [4.69, 9.17) is 10.5 Å². The molecule has 1 heterocycles. The van der Waals surface area contributed by atoms with Gasteiger partial charge in [-0.15, -0.1) is 0 Å². The van der Waals surface area contributed by atoms with Gasteiger partial charge in [0.25, 0.3) is 11.8 Å². The lowest BCUT2D eigenvalue weighted by molar-refractivity contribution is 0.0443. The van der Waals surface area contributed by atoms with E-state index in [1.54, 1.807) is 72.8 Å². The fourth-order valence-corrected chi connectivity index (χ4v) is 3.62. The third kappa shape index (κ3) is 5.15. The van der Waals surface area contributed by atoms with Gasteiger partial charge in [-0.2, -0.15) is 0 Å². The van der Waals surface area contributed by atoms with Crippen LogP contribution in [0.2, 0.25) is 0 Å². The van der Waals surface area contributed by atoms with Crippen molar-refractivity contribution in [1.29, 1.82) is 0 Å². The molecule has 0 saturated heterocycles. The van der Waals surface area contributed by atoms with Crippen LogP contribution in [-0.2, 0) is 4.74 Å². The Morgan fingerprint density at radius 2 is 1.11 bits per heavy atom. The molecule has 1 aliphatic rings. The molecule has 9 heteroatoms. The van der Waals surface area contributed by atoms with Crippen LogP contribution < -0.4 is 21.1 Å². The van der Waals surface area contributed by atoms with Gasteiger partial charge in [-0.25, -0.2) is 9.59 Å². The van der Waals surface area contributed by atoms with Crippen LogP contribution in [0.4, 0.5) is 17.1 Å². The molecule has 4 aromatic carbocycles. The highest BCUT2D eigenvalue weighted by atomic mass is 16.6. The highest BCUT2D eigenvalue weighted by molar-refractivity contribution is 6.16. The second-order valence-electron chi connectivity index (χ2n) is 8.12. The van der Waals surface area contributed by atoms with Crippen LogP contribution in [0.25, 0.3) is 0 Å². The van der Waals surface area contributed by atoms with Gasteiger partial charge in [0.2, 0.25) is 0 Å². The minimum Gasteiger partial charge on any atom is -0.457 e. The first-order valence-corrected chi connectivity index (χ1v) is 11.1. The van der Waals surface area contributed by atoms with Gasteiger partial charge in [0, 0.05) is 28.2 Å². The number of nitrogens with one attached hydrogen (secondary N) is 2. The number of esters is 2. The zero-order chi connectivity index (χ0) is 25.9. The SMILES string of the molecule is Nc1ccc(C(=O)Nc2ccc(Oc3ccc(NC(=O)c4ccc5c(c4)C(=O)OC5=O)cc3)cc2)cc1. The van der Waals surface area contributed by atoms with Crippen molar-refractivity contribution in [3.05, 3.63) is 113 Å². The summed E-state index contributed by atoms with van der Waals surface area (Å²) in [4.78, 5) is 48.2. The number of fused-ring (bicyclic) bond motifs is 1. The molecule has 2 amide bonds. The van der Waals surface area contributed by atoms with Gasteiger partial charge in [-0.05, 0) is 91.0 Å². The number of nitrogens with two attached hydrogens (primary N) is 1. The standard InChI is InChI=1S/C28H19N3O6/c29-18-4-1-16(2-5-18)25(32)30-19-6-10-21(11-7-19)36-22-12-8-20(9-13-22)31-26(33)17-3-14-23-24(15-17)28(35)37-27(23)34/h1-15H,29H2,(H,30,32)(H,31,33). The fourth-order valence-electron chi connectivity index (χ4n) is 3.62. The Hall–Kier alpha value is -5.44. The summed E-state index contributed by atoms with van der Waals surface area (Å²) < 4.78 is 10.4. The van der Waals surface area contributed by atoms with Crippen molar-refractivity contribution in [2.24, 2.45) is 0 Å². The Labute approximate surface area is 210 Å². The third-order valence-corrected chi connectivity index (χ3v) is 5.54. The Morgan fingerprint density at radius 3 is 1.68 bits per heavy atom. The largest absolute Gasteiger partial charge is 0.457 e. The summed E-state index contributed by atoms with van der Waals surface area (Å²) in [5.41, 5.74) is 8.27. The van der Waals surface area contributed by atoms with E-state index in [1.807, 2.05) is 0 Å². The molecule has 0 bridgehead atoms. The van der Waals surface area contributed by atoms with Crippen LogP contribution in [0.3, 0.4) is 0 Å². The van der Waals surface area contributed by atoms with Crippen LogP contribution >= 0.6 is 0 Å². The Bertz CT molecular complexity index is 1530. The Morgan fingerprint density at radius 1 is 0.622 bits per heavy atom. The van der Waals surface area contributed by atoms with Crippen LogP contribution in [0.15, 0.2) is 91.0 Å². The summed E-state index contributed by atoms with van der Waals surface area (Å²) >= 11 is 0. The van der Waals surface area contributed by atoms with Crippen molar-refractivity contribution < 1.29 is 28.7 Å². The molecule has 0 saturated carbocycles. The van der Waals surface area contributed by atoms with E-state index in [0.717, 1.165) is 0 Å². The molecule has 4 N–H and O–H groups in total. The number of ether oxygens (including phenoxy) is 2. The predicted octanol–water partition coefficient (Wildman–Crippen LogP) is 4.88. The molecule has 0 fully saturated rings. The van der Waals surface area contributed by atoms with Crippen LogP contribution in [0, 0.1) is 0 Å². The number of hydrogen-bond donors (Lipinski definition) is 3. The second kappa shape index (κ2) is 9.67. The normalized spacial score (nSPS) is 11.9. The summed E-state index contributed by atoms with van der Waals surface area (Å²) in [6.45, 7) is 0. The molecule has 0 radical (unpaired) electrons. The molecule has 5 rings (SSSR count). The van der Waals surface area contributed by atoms with Gasteiger partial charge in [0.05, 0.1) is 11.1 Å². The molecule has 0 atom stereocenters. The molecular formula is C28H19N3O6. The van der Waals surface area contributed by atoms with Gasteiger partial charge < -0.3 is 25.8 Å². The minimum atomic E-state index is -0.770. The summed E-state index contributed by atoms with van der Waals surface area (Å²) in [5.74, 6) is -1.09. The van der Waals surface area contributed by atoms with E-state index in [1.165, 1.54) is 18.2 Å². The second-order valence-corrected chi connectivity index (χ2v) is 8.12. The lowest BCUT2D eigenvalue weighted by Gasteiger charge is -2.10. The zero-order valence-electron chi connectivity index (χ0n) is 19.2. The fraction of sp³-hybridized carbons (Fsp3) is 0. The lowest BCUT2D eigenvalue weighted by atomic mass is 10.1. The van der Waals surface area contributed by atoms with E-state index in [2.05, 4.69) is 15.4 Å². The van der Waals surface area contributed by atoms with E-state index >= 15 is 0 Å². The monoisotopic (exact) mass is 493 g/mol. The first-order chi connectivity index (χ1) is 17.9. The van der Waals surface area contributed by atoms with Gasteiger partial charge in [-0.3, -0.25) is 9.59 Å². The van der Waals surface area contributed by atoms with Gasteiger partial charge in [0.1, 0.15) is 11.5 Å². The molecule has 0 unspecified atom stereocenters. The van der Waals surface area contributed by atoms with E-state index < -0.39 is 17.8 Å². The Kier molecular flexibility index (Phi) is 6.09. The number of carbonyl (C=O) groups is 4. The van der Waals surface area contributed by atoms with Crippen LogP contribution in [0.5, 0.6) is 11.5 Å². The molecular weight excluding hydrogens is 474 g/mol. The highest BCUT2D eigenvalue weighted by Crippen LogP contribution is 2.26. The number of carbonyl (C=O) groups excluding carboxylic acids is 4. The van der Waals surface area contributed by atoms with E-state index in [-0.39, 0.29) is 22.6 Å². The van der Waals surface area contributed by atoms with Crippen molar-refractivity contribution in [2.75, 3.05) is 16.4 Å². The van der Waals surface area contributed by atoms with Crippen molar-refractivity contribution in [3.8, 4) is 11.5 Å². The number of anilines is 3. The van der Waals surface area contributed by atoms with Crippen molar-refractivity contribution >= 4 is 40.8 Å². The molecule has 1 aliphatic heterocycles. The Balaban J connectivity index is 1.18. The summed E-state index contributed by atoms with van der Waals surface area (Å²) in [5, 5.41) is 5.54. The molecule has 0 aromatic heterocycles. The average Bonchev–Trinajstić information content (AvgIpc) is 3.19. The highest BCUT2D eigenvalue weighted by Gasteiger charge is 2.30. The van der Waals surface area contributed by atoms with Crippen molar-refractivity contribution in [1.82, 2.24) is 0 Å². The van der Waals surface area contributed by atoms with Gasteiger partial charge >= 0.3 is 11.9 Å². The van der Waals surface area contributed by atoms with Crippen molar-refractivity contribution in [3.63, 3.8) is 0 Å². The zero-order valence-corrected chi connectivity index (χ0v) is 19.2. The minimum absolute atomic E-state index is 0.0669. The maximum absolute atomic E-state index is 12.6. The average molecular weight is 493 g/mol. The maximum Gasteiger partial charge on any atom is 0.346 e. The van der Waals surface area contributed by atoms with Gasteiger partial charge in [-0.1, -0.05) is 0 Å². The number of nitrogen functional groups attached to an aromatic ring is 1. The number of amides is 2. The topological polar surface area (TPSA) is 137 Å². The molecule has 9 nitrogen and oxygen atoms in total. The summed E-state index contributed by atoms with van der Waals surface area (Å²) in [6, 6.07) is 24.4. The number of hydrogen-bond acceptors (Lipinski definition) is 7. The van der Waals surface area contributed by atoms with Crippen molar-refractivity contribution in [2.45, 2.75) is 0 Å². The quantitative estimate of drug-likeness (QED) is 0.198. The summed E-state index contributed by atoms with van der Waals surface area (Å²) in [6.07, 6.45) is 0. The number of cyclic esters (lactones) is 2. The molecule has 37 heavy (non-hydrogen) atoms. The molecule has 4 aromatic rings. The molecule has 0 spiro atoms. The molecule has 182 valence electrons. The van der Waals surface area contributed by atoms with Gasteiger partial charge in [0.15, 0.2) is 0 Å². The third-order valence-electron chi connectivity index (χ3n) is 5.54. The van der Waals surface area contributed by atoms with E-state index in [0.29, 0.717) is 34.1 Å². The number of rotatable bonds is 6. The predicted molar refractivity (Wildman–Crippen MR) is 136 cm³/mol.